The molecular formula is C15H21F2N. The summed E-state index contributed by atoms with van der Waals surface area (Å²) in [6.07, 6.45) is 5.72. The lowest BCUT2D eigenvalue weighted by Crippen LogP contribution is -2.31. The minimum atomic E-state index is -0.542. The quantitative estimate of drug-likeness (QED) is 0.859. The van der Waals surface area contributed by atoms with E-state index in [-0.39, 0.29) is 6.04 Å². The van der Waals surface area contributed by atoms with Gasteiger partial charge in [0.15, 0.2) is 0 Å². The second-order valence-corrected chi connectivity index (χ2v) is 5.31. The van der Waals surface area contributed by atoms with Crippen molar-refractivity contribution in [3.8, 4) is 0 Å². The molecule has 1 aromatic rings. The first kappa shape index (κ1) is 13.5. The van der Waals surface area contributed by atoms with Crippen LogP contribution in [-0.4, -0.2) is 0 Å². The standard InChI is InChI=1S/C15H21F2N/c1-2-10-5-3-4-6-12(10)15(18)13-8-7-11(16)9-14(13)17/h7-10,12,15H,2-6,18H2,1H3. The Balaban J connectivity index is 2.20. The number of rotatable bonds is 3. The molecule has 1 aromatic carbocycles. The van der Waals surface area contributed by atoms with Crippen molar-refractivity contribution in [2.45, 2.75) is 45.1 Å². The normalized spacial score (nSPS) is 26.0. The average Bonchev–Trinajstić information content (AvgIpc) is 2.38. The molecule has 0 heterocycles. The third-order valence-corrected chi connectivity index (χ3v) is 4.28. The second kappa shape index (κ2) is 5.79. The van der Waals surface area contributed by atoms with Crippen molar-refractivity contribution in [3.05, 3.63) is 35.4 Å². The maximum atomic E-state index is 13.8. The Labute approximate surface area is 107 Å². The number of hydrogen-bond acceptors (Lipinski definition) is 1. The molecule has 1 fully saturated rings. The van der Waals surface area contributed by atoms with Crippen molar-refractivity contribution in [2.75, 3.05) is 0 Å². The lowest BCUT2D eigenvalue weighted by molar-refractivity contribution is 0.194. The van der Waals surface area contributed by atoms with Gasteiger partial charge in [0.05, 0.1) is 0 Å². The van der Waals surface area contributed by atoms with Gasteiger partial charge in [-0.05, 0) is 24.3 Å². The molecule has 0 saturated heterocycles. The summed E-state index contributed by atoms with van der Waals surface area (Å²) in [5, 5.41) is 0. The highest BCUT2D eigenvalue weighted by molar-refractivity contribution is 5.22. The maximum Gasteiger partial charge on any atom is 0.130 e. The van der Waals surface area contributed by atoms with Gasteiger partial charge in [-0.3, -0.25) is 0 Å². The Kier molecular flexibility index (Phi) is 4.33. The van der Waals surface area contributed by atoms with Gasteiger partial charge >= 0.3 is 0 Å². The van der Waals surface area contributed by atoms with Gasteiger partial charge in [0.1, 0.15) is 11.6 Å². The summed E-state index contributed by atoms with van der Waals surface area (Å²) in [6, 6.07) is 3.41. The summed E-state index contributed by atoms with van der Waals surface area (Å²) >= 11 is 0. The van der Waals surface area contributed by atoms with E-state index in [9.17, 15) is 8.78 Å². The molecule has 2 rings (SSSR count). The average molecular weight is 253 g/mol. The van der Waals surface area contributed by atoms with Gasteiger partial charge < -0.3 is 5.73 Å². The highest BCUT2D eigenvalue weighted by Crippen LogP contribution is 2.39. The van der Waals surface area contributed by atoms with E-state index < -0.39 is 11.6 Å². The Morgan fingerprint density at radius 3 is 2.67 bits per heavy atom. The summed E-state index contributed by atoms with van der Waals surface area (Å²) in [7, 11) is 0. The molecule has 0 aliphatic heterocycles. The van der Waals surface area contributed by atoms with Crippen LogP contribution in [-0.2, 0) is 0 Å². The number of nitrogens with two attached hydrogens (primary N) is 1. The van der Waals surface area contributed by atoms with Crippen molar-refractivity contribution in [1.82, 2.24) is 0 Å². The van der Waals surface area contributed by atoms with E-state index in [2.05, 4.69) is 6.92 Å². The van der Waals surface area contributed by atoms with Crippen LogP contribution in [0.15, 0.2) is 18.2 Å². The van der Waals surface area contributed by atoms with Crippen LogP contribution in [0.25, 0.3) is 0 Å². The molecule has 3 atom stereocenters. The van der Waals surface area contributed by atoms with Crippen LogP contribution in [0.1, 0.15) is 50.6 Å². The van der Waals surface area contributed by atoms with E-state index in [1.165, 1.54) is 25.0 Å². The molecule has 0 bridgehead atoms. The first-order chi connectivity index (χ1) is 8.63. The summed E-state index contributed by atoms with van der Waals surface area (Å²) in [4.78, 5) is 0. The molecule has 1 saturated carbocycles. The zero-order valence-electron chi connectivity index (χ0n) is 10.8. The fraction of sp³-hybridized carbons (Fsp3) is 0.600. The zero-order chi connectivity index (χ0) is 13.1. The Morgan fingerprint density at radius 2 is 2.00 bits per heavy atom. The van der Waals surface area contributed by atoms with Gasteiger partial charge in [0.2, 0.25) is 0 Å². The molecule has 0 radical (unpaired) electrons. The van der Waals surface area contributed by atoms with Crippen molar-refractivity contribution in [3.63, 3.8) is 0 Å². The molecule has 1 nitrogen and oxygen atoms in total. The zero-order valence-corrected chi connectivity index (χ0v) is 10.8. The molecule has 100 valence electrons. The molecular weight excluding hydrogens is 232 g/mol. The smallest absolute Gasteiger partial charge is 0.130 e. The minimum absolute atomic E-state index is 0.309. The van der Waals surface area contributed by atoms with Gasteiger partial charge in [-0.15, -0.1) is 0 Å². The van der Waals surface area contributed by atoms with Crippen molar-refractivity contribution < 1.29 is 8.78 Å². The summed E-state index contributed by atoms with van der Waals surface area (Å²) in [5.41, 5.74) is 6.68. The van der Waals surface area contributed by atoms with Crippen molar-refractivity contribution in [1.29, 1.82) is 0 Å². The fourth-order valence-corrected chi connectivity index (χ4v) is 3.22. The Bertz CT molecular complexity index is 405. The van der Waals surface area contributed by atoms with Gasteiger partial charge in [0, 0.05) is 17.7 Å². The van der Waals surface area contributed by atoms with E-state index in [1.54, 1.807) is 0 Å². The summed E-state index contributed by atoms with van der Waals surface area (Å²) in [5.74, 6) is -0.163. The second-order valence-electron chi connectivity index (χ2n) is 5.31. The van der Waals surface area contributed by atoms with E-state index in [0.29, 0.717) is 17.4 Å². The molecule has 0 spiro atoms. The molecule has 2 N–H and O–H groups in total. The molecule has 18 heavy (non-hydrogen) atoms. The fourth-order valence-electron chi connectivity index (χ4n) is 3.22. The van der Waals surface area contributed by atoms with Crippen molar-refractivity contribution in [2.24, 2.45) is 17.6 Å². The number of benzene rings is 1. The molecule has 3 heteroatoms. The Hall–Kier alpha value is -0.960. The third kappa shape index (κ3) is 2.72. The molecule has 0 aromatic heterocycles. The van der Waals surface area contributed by atoms with Crippen LogP contribution in [0, 0.1) is 23.5 Å². The monoisotopic (exact) mass is 253 g/mol. The highest BCUT2D eigenvalue weighted by atomic mass is 19.1. The van der Waals surface area contributed by atoms with Crippen LogP contribution < -0.4 is 5.73 Å². The van der Waals surface area contributed by atoms with Gasteiger partial charge in [-0.2, -0.15) is 0 Å². The van der Waals surface area contributed by atoms with E-state index in [0.717, 1.165) is 25.3 Å². The van der Waals surface area contributed by atoms with Crippen LogP contribution in [0.5, 0.6) is 0 Å². The highest BCUT2D eigenvalue weighted by Gasteiger charge is 2.30. The van der Waals surface area contributed by atoms with Gasteiger partial charge in [0.25, 0.3) is 0 Å². The topological polar surface area (TPSA) is 26.0 Å². The lowest BCUT2D eigenvalue weighted by atomic mass is 9.72. The molecule has 0 amide bonds. The van der Waals surface area contributed by atoms with Crippen LogP contribution >= 0.6 is 0 Å². The van der Waals surface area contributed by atoms with Crippen LogP contribution in [0.3, 0.4) is 0 Å². The van der Waals surface area contributed by atoms with E-state index in [1.807, 2.05) is 0 Å². The first-order valence-electron chi connectivity index (χ1n) is 6.84. The molecule has 1 aliphatic carbocycles. The first-order valence-corrected chi connectivity index (χ1v) is 6.84. The summed E-state index contributed by atoms with van der Waals surface area (Å²) in [6.45, 7) is 2.16. The number of hydrogen-bond donors (Lipinski definition) is 1. The maximum absolute atomic E-state index is 13.8. The minimum Gasteiger partial charge on any atom is -0.324 e. The van der Waals surface area contributed by atoms with E-state index >= 15 is 0 Å². The van der Waals surface area contributed by atoms with Crippen LogP contribution in [0.2, 0.25) is 0 Å². The largest absolute Gasteiger partial charge is 0.324 e. The van der Waals surface area contributed by atoms with E-state index in [4.69, 9.17) is 5.73 Å². The van der Waals surface area contributed by atoms with Gasteiger partial charge in [-0.25, -0.2) is 8.78 Å². The predicted molar refractivity (Wildman–Crippen MR) is 69.0 cm³/mol. The third-order valence-electron chi connectivity index (χ3n) is 4.28. The number of halogens is 2. The van der Waals surface area contributed by atoms with Gasteiger partial charge in [-0.1, -0.05) is 38.7 Å². The summed E-state index contributed by atoms with van der Waals surface area (Å²) < 4.78 is 26.7. The lowest BCUT2D eigenvalue weighted by Gasteiger charge is -2.35. The molecule has 1 aliphatic rings. The Morgan fingerprint density at radius 1 is 1.28 bits per heavy atom. The molecule has 3 unspecified atom stereocenters. The predicted octanol–water partition coefficient (Wildman–Crippen LogP) is 4.18. The van der Waals surface area contributed by atoms with Crippen molar-refractivity contribution >= 4 is 0 Å². The van der Waals surface area contributed by atoms with Crippen LogP contribution in [0.4, 0.5) is 8.78 Å². The SMILES string of the molecule is CCC1CCCCC1C(N)c1ccc(F)cc1F.